The highest BCUT2D eigenvalue weighted by molar-refractivity contribution is 8.13. The largest absolute Gasteiger partial charge is 0.297 e. The van der Waals surface area contributed by atoms with Crippen molar-refractivity contribution in [3.63, 3.8) is 0 Å². The van der Waals surface area contributed by atoms with Crippen LogP contribution in [0.1, 0.15) is 48.5 Å². The molecule has 110 valence electrons. The Labute approximate surface area is 127 Å². The Hall–Kier alpha value is -1.40. The van der Waals surface area contributed by atoms with E-state index < -0.39 is 9.05 Å². The van der Waals surface area contributed by atoms with Gasteiger partial charge >= 0.3 is 0 Å². The Morgan fingerprint density at radius 3 is 2.43 bits per heavy atom. The van der Waals surface area contributed by atoms with Gasteiger partial charge in [0.1, 0.15) is 5.82 Å². The molecule has 2 saturated carbocycles. The molecule has 0 amide bonds. The molecule has 4 rings (SSSR count). The quantitative estimate of drug-likeness (QED) is 0.812. The first-order valence-electron chi connectivity index (χ1n) is 7.00. The lowest BCUT2D eigenvalue weighted by Crippen LogP contribution is -2.08. The summed E-state index contributed by atoms with van der Waals surface area (Å²) in [7, 11) is 1.63. The van der Waals surface area contributed by atoms with Gasteiger partial charge in [-0.15, -0.1) is 10.2 Å². The summed E-state index contributed by atoms with van der Waals surface area (Å²) < 4.78 is 25.0. The summed E-state index contributed by atoms with van der Waals surface area (Å²) in [5.41, 5.74) is 1.27. The van der Waals surface area contributed by atoms with Gasteiger partial charge in [-0.25, -0.2) is 8.42 Å². The fraction of sp³-hybridized carbons (Fsp3) is 0.429. The number of nitrogens with zero attached hydrogens (tertiary/aromatic N) is 3. The molecule has 2 aliphatic carbocycles. The molecule has 2 atom stereocenters. The summed E-state index contributed by atoms with van der Waals surface area (Å²) in [4.78, 5) is 0. The van der Waals surface area contributed by atoms with Gasteiger partial charge < -0.3 is 0 Å². The number of hydrogen-bond donors (Lipinski definition) is 0. The van der Waals surface area contributed by atoms with Crippen LogP contribution in [0.15, 0.2) is 35.5 Å². The molecule has 0 N–H and O–H groups in total. The molecule has 1 heterocycles. The van der Waals surface area contributed by atoms with Crippen LogP contribution >= 0.6 is 10.7 Å². The van der Waals surface area contributed by atoms with E-state index in [2.05, 4.69) is 22.3 Å². The standard InChI is InChI=1S/C14H14ClN3O2S/c15-21(19,20)14-17-16-13(18(14)10-6-7-10)12-8-11(12)9-4-2-1-3-5-9/h1-5,10-12H,6-8H2. The topological polar surface area (TPSA) is 64.8 Å². The molecule has 7 heteroatoms. The molecule has 0 bridgehead atoms. The zero-order valence-electron chi connectivity index (χ0n) is 11.2. The average Bonchev–Trinajstić information content (AvgIpc) is 3.37. The molecule has 1 aromatic heterocycles. The zero-order valence-corrected chi connectivity index (χ0v) is 12.8. The van der Waals surface area contributed by atoms with Crippen LogP contribution < -0.4 is 0 Å². The fourth-order valence-corrected chi connectivity index (χ4v) is 3.86. The van der Waals surface area contributed by atoms with E-state index in [0.29, 0.717) is 5.92 Å². The zero-order chi connectivity index (χ0) is 14.6. The molecule has 2 fully saturated rings. The second kappa shape index (κ2) is 4.55. The Kier molecular flexibility index (Phi) is 2.87. The van der Waals surface area contributed by atoms with Gasteiger partial charge in [0.15, 0.2) is 0 Å². The molecule has 2 unspecified atom stereocenters. The molecule has 1 aromatic carbocycles. The van der Waals surface area contributed by atoms with Crippen molar-refractivity contribution in [3.05, 3.63) is 41.7 Å². The Morgan fingerprint density at radius 1 is 1.10 bits per heavy atom. The number of benzene rings is 1. The fourth-order valence-electron chi connectivity index (χ4n) is 2.93. The third-order valence-electron chi connectivity index (χ3n) is 4.17. The Bertz CT molecular complexity index is 784. The van der Waals surface area contributed by atoms with Crippen molar-refractivity contribution in [2.24, 2.45) is 0 Å². The van der Waals surface area contributed by atoms with Gasteiger partial charge in [-0.05, 0) is 30.7 Å². The summed E-state index contributed by atoms with van der Waals surface area (Å²) in [6.07, 6.45) is 2.91. The predicted octanol–water partition coefficient (Wildman–Crippen LogP) is 2.81. The second-order valence-electron chi connectivity index (χ2n) is 5.74. The van der Waals surface area contributed by atoms with E-state index in [1.807, 2.05) is 18.2 Å². The smallest absolute Gasteiger partial charge is 0.296 e. The molecule has 0 saturated heterocycles. The maximum absolute atomic E-state index is 11.6. The summed E-state index contributed by atoms with van der Waals surface area (Å²) in [6, 6.07) is 10.4. The van der Waals surface area contributed by atoms with E-state index in [1.165, 1.54) is 5.56 Å². The van der Waals surface area contributed by atoms with Crippen LogP contribution in [0.5, 0.6) is 0 Å². The lowest BCUT2D eigenvalue weighted by atomic mass is 10.1. The number of halogens is 1. The number of aromatic nitrogens is 3. The third-order valence-corrected chi connectivity index (χ3v) is 5.30. The minimum absolute atomic E-state index is 0.0969. The average molecular weight is 324 g/mol. The summed E-state index contributed by atoms with van der Waals surface area (Å²) in [5, 5.41) is 7.87. The van der Waals surface area contributed by atoms with Crippen molar-refractivity contribution in [3.8, 4) is 0 Å². The molecule has 0 spiro atoms. The normalized spacial score (nSPS) is 25.0. The van der Waals surface area contributed by atoms with E-state index in [1.54, 1.807) is 4.57 Å². The first-order chi connectivity index (χ1) is 10.1. The van der Waals surface area contributed by atoms with E-state index in [0.717, 1.165) is 25.1 Å². The highest BCUT2D eigenvalue weighted by Crippen LogP contribution is 2.55. The maximum Gasteiger partial charge on any atom is 0.296 e. The summed E-state index contributed by atoms with van der Waals surface area (Å²) >= 11 is 0. The lowest BCUT2D eigenvalue weighted by molar-refractivity contribution is 0.568. The van der Waals surface area contributed by atoms with Gasteiger partial charge in [0.2, 0.25) is 0 Å². The molecule has 5 nitrogen and oxygen atoms in total. The summed E-state index contributed by atoms with van der Waals surface area (Å²) in [5.74, 6) is 1.41. The van der Waals surface area contributed by atoms with Gasteiger partial charge in [-0.2, -0.15) is 0 Å². The van der Waals surface area contributed by atoms with Gasteiger partial charge in [0.25, 0.3) is 14.2 Å². The van der Waals surface area contributed by atoms with Crippen LogP contribution in [0, 0.1) is 0 Å². The molecule has 2 aliphatic rings. The molecule has 21 heavy (non-hydrogen) atoms. The Balaban J connectivity index is 1.70. The number of hydrogen-bond acceptors (Lipinski definition) is 4. The van der Waals surface area contributed by atoms with Crippen molar-refractivity contribution < 1.29 is 8.42 Å². The first-order valence-corrected chi connectivity index (χ1v) is 9.31. The maximum atomic E-state index is 11.6. The first kappa shape index (κ1) is 13.3. The lowest BCUT2D eigenvalue weighted by Gasteiger charge is -2.07. The minimum Gasteiger partial charge on any atom is -0.297 e. The monoisotopic (exact) mass is 323 g/mol. The van der Waals surface area contributed by atoms with Gasteiger partial charge in [0, 0.05) is 22.6 Å². The van der Waals surface area contributed by atoms with Crippen LogP contribution in [0.4, 0.5) is 0 Å². The van der Waals surface area contributed by atoms with Crippen LogP contribution in [0.3, 0.4) is 0 Å². The molecule has 0 aliphatic heterocycles. The molecule has 2 aromatic rings. The van der Waals surface area contributed by atoms with Gasteiger partial charge in [-0.1, -0.05) is 30.3 Å². The van der Waals surface area contributed by atoms with Crippen LogP contribution in [0.25, 0.3) is 0 Å². The van der Waals surface area contributed by atoms with Crippen LogP contribution in [0.2, 0.25) is 0 Å². The van der Waals surface area contributed by atoms with E-state index >= 15 is 0 Å². The van der Waals surface area contributed by atoms with Crippen molar-refractivity contribution in [1.29, 1.82) is 0 Å². The third kappa shape index (κ3) is 2.36. The predicted molar refractivity (Wildman–Crippen MR) is 77.9 cm³/mol. The van der Waals surface area contributed by atoms with Crippen molar-refractivity contribution in [2.75, 3.05) is 0 Å². The van der Waals surface area contributed by atoms with Crippen LogP contribution in [-0.2, 0) is 9.05 Å². The molecule has 0 radical (unpaired) electrons. The van der Waals surface area contributed by atoms with E-state index in [9.17, 15) is 8.42 Å². The number of rotatable bonds is 4. The Morgan fingerprint density at radius 2 is 1.81 bits per heavy atom. The molecular formula is C14H14ClN3O2S. The summed E-state index contributed by atoms with van der Waals surface area (Å²) in [6.45, 7) is 0. The van der Waals surface area contributed by atoms with Gasteiger partial charge in [-0.3, -0.25) is 4.57 Å². The van der Waals surface area contributed by atoms with Crippen molar-refractivity contribution in [2.45, 2.75) is 42.3 Å². The van der Waals surface area contributed by atoms with Crippen molar-refractivity contribution in [1.82, 2.24) is 14.8 Å². The SMILES string of the molecule is O=S(=O)(Cl)c1nnc(C2CC2c2ccccc2)n1C1CC1. The van der Waals surface area contributed by atoms with Gasteiger partial charge in [0.05, 0.1) is 0 Å². The van der Waals surface area contributed by atoms with E-state index in [-0.39, 0.29) is 17.1 Å². The van der Waals surface area contributed by atoms with E-state index in [4.69, 9.17) is 10.7 Å². The van der Waals surface area contributed by atoms with Crippen molar-refractivity contribution >= 4 is 19.7 Å². The second-order valence-corrected chi connectivity index (χ2v) is 8.20. The van der Waals surface area contributed by atoms with Crippen LogP contribution in [-0.4, -0.2) is 23.2 Å². The highest BCUT2D eigenvalue weighted by Gasteiger charge is 2.46. The minimum atomic E-state index is -3.84. The molecular weight excluding hydrogens is 310 g/mol. The highest BCUT2D eigenvalue weighted by atomic mass is 35.7.